The van der Waals surface area contributed by atoms with Crippen molar-refractivity contribution in [1.29, 1.82) is 0 Å². The van der Waals surface area contributed by atoms with E-state index in [2.05, 4.69) is 44.6 Å². The zero-order valence-corrected chi connectivity index (χ0v) is 17.0. The number of likely N-dealkylation sites (N-methyl/N-ethyl adjacent to an activating group) is 1. The van der Waals surface area contributed by atoms with Crippen molar-refractivity contribution in [3.63, 3.8) is 0 Å². The molecule has 8 heteroatoms. The van der Waals surface area contributed by atoms with Gasteiger partial charge in [0.25, 0.3) is 0 Å². The van der Waals surface area contributed by atoms with Gasteiger partial charge in [0, 0.05) is 32.3 Å². The predicted octanol–water partition coefficient (Wildman–Crippen LogP) is 2.53. The van der Waals surface area contributed by atoms with E-state index in [9.17, 15) is 0 Å². The molecule has 3 aromatic rings. The summed E-state index contributed by atoms with van der Waals surface area (Å²) in [6, 6.07) is 12.6. The van der Waals surface area contributed by atoms with E-state index < -0.39 is 0 Å². The molecular weight excluding hydrogens is 368 g/mol. The van der Waals surface area contributed by atoms with Crippen LogP contribution >= 0.6 is 0 Å². The normalized spacial score (nSPS) is 15.1. The van der Waals surface area contributed by atoms with Gasteiger partial charge < -0.3 is 14.8 Å². The van der Waals surface area contributed by atoms with Gasteiger partial charge in [0.2, 0.25) is 0 Å². The molecule has 1 aromatic carbocycles. The summed E-state index contributed by atoms with van der Waals surface area (Å²) in [5.74, 6) is 2.36. The van der Waals surface area contributed by atoms with Crippen LogP contribution in [0.15, 0.2) is 36.4 Å². The summed E-state index contributed by atoms with van der Waals surface area (Å²) in [5.41, 5.74) is 1.88. The minimum atomic E-state index is 0.599. The summed E-state index contributed by atoms with van der Waals surface area (Å²) in [5, 5.41) is 12.0. The number of ether oxygens (including phenoxy) is 2. The van der Waals surface area contributed by atoms with Crippen molar-refractivity contribution in [3.8, 4) is 5.75 Å². The highest BCUT2D eigenvalue weighted by Crippen LogP contribution is 2.16. The van der Waals surface area contributed by atoms with Crippen LogP contribution in [0.5, 0.6) is 5.75 Å². The van der Waals surface area contributed by atoms with Gasteiger partial charge in [0.05, 0.1) is 0 Å². The average molecular weight is 396 g/mol. The lowest BCUT2D eigenvalue weighted by Crippen LogP contribution is -2.38. The molecule has 3 heterocycles. The molecule has 0 atom stereocenters. The Balaban J connectivity index is 1.27. The Bertz CT molecular complexity index is 938. The third-order valence-corrected chi connectivity index (χ3v) is 5.21. The summed E-state index contributed by atoms with van der Waals surface area (Å²) in [6.45, 7) is 5.83. The van der Waals surface area contributed by atoms with E-state index in [4.69, 9.17) is 9.47 Å². The highest BCUT2D eigenvalue weighted by atomic mass is 16.5. The second-order valence-electron chi connectivity index (χ2n) is 7.40. The Morgan fingerprint density at radius 3 is 2.93 bits per heavy atom. The van der Waals surface area contributed by atoms with Gasteiger partial charge in [-0.15, -0.1) is 14.8 Å². The molecule has 1 aliphatic heterocycles. The molecule has 1 N–H and O–H groups in total. The molecule has 29 heavy (non-hydrogen) atoms. The van der Waals surface area contributed by atoms with E-state index in [0.29, 0.717) is 25.0 Å². The summed E-state index contributed by atoms with van der Waals surface area (Å²) < 4.78 is 13.0. The Hall–Kier alpha value is -2.71. The monoisotopic (exact) mass is 396 g/mol. The molecule has 8 nitrogen and oxygen atoms in total. The quantitative estimate of drug-likeness (QED) is 0.627. The van der Waals surface area contributed by atoms with Crippen molar-refractivity contribution >= 4 is 11.5 Å². The SMILES string of the molecule is Cc1nc2ccc(NCc3cccc(OCCN(C)C4CCOCC4)c3)nn2n1. The van der Waals surface area contributed by atoms with Crippen molar-refractivity contribution in [2.24, 2.45) is 0 Å². The first kappa shape index (κ1) is 19.6. The first-order valence-corrected chi connectivity index (χ1v) is 10.1. The van der Waals surface area contributed by atoms with Gasteiger partial charge in [0.15, 0.2) is 5.65 Å². The maximum atomic E-state index is 5.98. The van der Waals surface area contributed by atoms with E-state index in [1.54, 1.807) is 4.63 Å². The molecule has 0 amide bonds. The van der Waals surface area contributed by atoms with Crippen molar-refractivity contribution in [3.05, 3.63) is 47.8 Å². The molecule has 0 aliphatic carbocycles. The number of aromatic nitrogens is 4. The molecule has 0 bridgehead atoms. The topological polar surface area (TPSA) is 76.8 Å². The highest BCUT2D eigenvalue weighted by molar-refractivity contribution is 5.44. The van der Waals surface area contributed by atoms with Gasteiger partial charge >= 0.3 is 0 Å². The Labute approximate surface area is 170 Å². The van der Waals surface area contributed by atoms with Gasteiger partial charge in [-0.2, -0.15) is 0 Å². The Kier molecular flexibility index (Phi) is 6.21. The molecule has 154 valence electrons. The van der Waals surface area contributed by atoms with E-state index >= 15 is 0 Å². The molecule has 0 saturated carbocycles. The standard InChI is InChI=1S/C21H28N6O2/c1-16-23-21-7-6-20(25-27(21)24-16)22-15-17-4-3-5-19(14-17)29-13-10-26(2)18-8-11-28-12-9-18/h3-7,14,18H,8-13,15H2,1-2H3,(H,22,25). The number of nitrogens with one attached hydrogen (secondary N) is 1. The average Bonchev–Trinajstić information content (AvgIpc) is 3.12. The lowest BCUT2D eigenvalue weighted by Gasteiger charge is -2.31. The zero-order chi connectivity index (χ0) is 20.1. The number of hydrogen-bond donors (Lipinski definition) is 1. The maximum absolute atomic E-state index is 5.98. The summed E-state index contributed by atoms with van der Waals surface area (Å²) in [4.78, 5) is 6.67. The van der Waals surface area contributed by atoms with Crippen LogP contribution in [0, 0.1) is 6.92 Å². The number of rotatable bonds is 8. The van der Waals surface area contributed by atoms with E-state index in [0.717, 1.165) is 55.4 Å². The molecule has 0 radical (unpaired) electrons. The number of nitrogens with zero attached hydrogens (tertiary/aromatic N) is 5. The summed E-state index contributed by atoms with van der Waals surface area (Å²) in [6.07, 6.45) is 2.21. The van der Waals surface area contributed by atoms with Crippen LogP contribution < -0.4 is 10.1 Å². The molecule has 2 aromatic heterocycles. The molecule has 1 saturated heterocycles. The minimum absolute atomic E-state index is 0.599. The van der Waals surface area contributed by atoms with Crippen molar-refractivity contribution in [2.45, 2.75) is 32.4 Å². The first-order valence-electron chi connectivity index (χ1n) is 10.1. The summed E-state index contributed by atoms with van der Waals surface area (Å²) >= 11 is 0. The third kappa shape index (κ3) is 5.21. The number of benzene rings is 1. The second-order valence-corrected chi connectivity index (χ2v) is 7.40. The largest absolute Gasteiger partial charge is 0.492 e. The molecule has 0 spiro atoms. The predicted molar refractivity (Wildman–Crippen MR) is 111 cm³/mol. The van der Waals surface area contributed by atoms with Crippen LogP contribution in [0.2, 0.25) is 0 Å². The lowest BCUT2D eigenvalue weighted by molar-refractivity contribution is 0.0392. The van der Waals surface area contributed by atoms with Gasteiger partial charge in [-0.05, 0) is 56.6 Å². The number of fused-ring (bicyclic) bond motifs is 1. The Morgan fingerprint density at radius 2 is 2.07 bits per heavy atom. The number of anilines is 1. The van der Waals surface area contributed by atoms with Crippen LogP contribution in [-0.4, -0.2) is 64.2 Å². The van der Waals surface area contributed by atoms with Crippen LogP contribution in [0.4, 0.5) is 5.82 Å². The van der Waals surface area contributed by atoms with Crippen LogP contribution in [0.3, 0.4) is 0 Å². The summed E-state index contributed by atoms with van der Waals surface area (Å²) in [7, 11) is 2.17. The van der Waals surface area contributed by atoms with E-state index in [1.165, 1.54) is 0 Å². The fourth-order valence-corrected chi connectivity index (χ4v) is 3.54. The van der Waals surface area contributed by atoms with E-state index in [-0.39, 0.29) is 0 Å². The van der Waals surface area contributed by atoms with Crippen LogP contribution in [0.25, 0.3) is 5.65 Å². The second kappa shape index (κ2) is 9.19. The van der Waals surface area contributed by atoms with Gasteiger partial charge in [-0.1, -0.05) is 12.1 Å². The molecular formula is C21H28N6O2. The molecule has 4 rings (SSSR count). The smallest absolute Gasteiger partial charge is 0.176 e. The van der Waals surface area contributed by atoms with Crippen molar-refractivity contribution < 1.29 is 9.47 Å². The van der Waals surface area contributed by atoms with Crippen molar-refractivity contribution in [2.75, 3.05) is 38.7 Å². The first-order chi connectivity index (χ1) is 14.2. The van der Waals surface area contributed by atoms with Gasteiger partial charge in [-0.3, -0.25) is 4.90 Å². The Morgan fingerprint density at radius 1 is 1.21 bits per heavy atom. The fraction of sp³-hybridized carbons (Fsp3) is 0.476. The van der Waals surface area contributed by atoms with Crippen molar-refractivity contribution in [1.82, 2.24) is 24.7 Å². The third-order valence-electron chi connectivity index (χ3n) is 5.21. The van der Waals surface area contributed by atoms with Crippen LogP contribution in [-0.2, 0) is 11.3 Å². The maximum Gasteiger partial charge on any atom is 0.176 e. The lowest BCUT2D eigenvalue weighted by atomic mass is 10.1. The molecule has 1 aliphatic rings. The fourth-order valence-electron chi connectivity index (χ4n) is 3.54. The number of hydrogen-bond acceptors (Lipinski definition) is 7. The van der Waals surface area contributed by atoms with Crippen LogP contribution in [0.1, 0.15) is 24.2 Å². The highest BCUT2D eigenvalue weighted by Gasteiger charge is 2.17. The molecule has 0 unspecified atom stereocenters. The van der Waals surface area contributed by atoms with Gasteiger partial charge in [0.1, 0.15) is 24.0 Å². The molecule has 1 fully saturated rings. The number of aryl methyl sites for hydroxylation is 1. The van der Waals surface area contributed by atoms with E-state index in [1.807, 2.05) is 31.2 Å². The minimum Gasteiger partial charge on any atom is -0.492 e. The van der Waals surface area contributed by atoms with Gasteiger partial charge in [-0.25, -0.2) is 4.98 Å². The zero-order valence-electron chi connectivity index (χ0n) is 17.0.